The molecular formula is C32H49IN2O5. The van der Waals surface area contributed by atoms with Crippen molar-refractivity contribution in [1.29, 1.82) is 0 Å². The second-order valence-electron chi connectivity index (χ2n) is 10.3. The van der Waals surface area contributed by atoms with E-state index in [1.807, 2.05) is 48.3 Å². The maximum absolute atomic E-state index is 12.6. The quantitative estimate of drug-likeness (QED) is 0.127. The van der Waals surface area contributed by atoms with Crippen LogP contribution in [0.25, 0.3) is 0 Å². The van der Waals surface area contributed by atoms with Gasteiger partial charge in [-0.25, -0.2) is 14.3 Å². The third kappa shape index (κ3) is 14.3. The van der Waals surface area contributed by atoms with Gasteiger partial charge in [0, 0.05) is 18.6 Å². The number of ether oxygens (including phenoxy) is 3. The Hall–Kier alpha value is -2.36. The van der Waals surface area contributed by atoms with Gasteiger partial charge >= 0.3 is 6.09 Å². The van der Waals surface area contributed by atoms with Crippen LogP contribution in [0.2, 0.25) is 0 Å². The van der Waals surface area contributed by atoms with Crippen LogP contribution < -0.4 is 38.0 Å². The number of aryl methyl sites for hydroxylation is 1. The summed E-state index contributed by atoms with van der Waals surface area (Å²) in [4.78, 5) is 25.8. The summed E-state index contributed by atoms with van der Waals surface area (Å²) in [7, 11) is 3.48. The summed E-state index contributed by atoms with van der Waals surface area (Å²) in [5.74, 6) is 0.909. The normalized spacial score (nSPS) is 10.5. The number of methoxy groups -OCH3 is 1. The number of pyridine rings is 1. The lowest BCUT2D eigenvalue weighted by Gasteiger charge is -2.18. The number of unbranched alkanes of at least 4 members (excludes halogenated alkanes) is 11. The highest BCUT2D eigenvalue weighted by Gasteiger charge is 2.21. The minimum Gasteiger partial charge on any atom is -1.00 e. The molecule has 0 N–H and O–H groups in total. The van der Waals surface area contributed by atoms with Gasteiger partial charge in [0.2, 0.25) is 5.91 Å². The van der Waals surface area contributed by atoms with E-state index in [0.717, 1.165) is 22.4 Å². The third-order valence-corrected chi connectivity index (χ3v) is 6.79. The number of rotatable bonds is 19. The third-order valence-electron chi connectivity index (χ3n) is 6.79. The fourth-order valence-corrected chi connectivity index (χ4v) is 4.50. The average molecular weight is 669 g/mol. The summed E-state index contributed by atoms with van der Waals surface area (Å²) in [5, 5.41) is 0. The molecule has 224 valence electrons. The summed E-state index contributed by atoms with van der Waals surface area (Å²) in [6, 6.07) is 9.23. The van der Waals surface area contributed by atoms with Crippen molar-refractivity contribution in [2.75, 3.05) is 13.7 Å². The maximum Gasteiger partial charge on any atom is 0.417 e. The number of benzene rings is 1. The van der Waals surface area contributed by atoms with Gasteiger partial charge in [0.05, 0.1) is 20.3 Å². The summed E-state index contributed by atoms with van der Waals surface area (Å²) in [6.07, 6.45) is 18.8. The number of nitrogens with zero attached hydrogens (tertiary/aromatic N) is 2. The van der Waals surface area contributed by atoms with Gasteiger partial charge in [-0.05, 0) is 30.2 Å². The Labute approximate surface area is 258 Å². The average Bonchev–Trinajstić information content (AvgIpc) is 2.93. The molecule has 0 unspecified atom stereocenters. The van der Waals surface area contributed by atoms with Crippen molar-refractivity contribution in [1.82, 2.24) is 4.90 Å². The van der Waals surface area contributed by atoms with E-state index in [9.17, 15) is 9.59 Å². The highest BCUT2D eigenvalue weighted by atomic mass is 127. The van der Waals surface area contributed by atoms with Crippen LogP contribution in [0.15, 0.2) is 42.7 Å². The second-order valence-corrected chi connectivity index (χ2v) is 10.3. The van der Waals surface area contributed by atoms with Gasteiger partial charge in [0.25, 0.3) is 0 Å². The van der Waals surface area contributed by atoms with Gasteiger partial charge in [-0.1, -0.05) is 83.6 Å². The Morgan fingerprint density at radius 3 is 2.05 bits per heavy atom. The number of hydrogen-bond acceptors (Lipinski definition) is 5. The molecule has 0 aliphatic carbocycles. The molecule has 2 aromatic rings. The van der Waals surface area contributed by atoms with E-state index in [1.54, 1.807) is 13.2 Å². The molecule has 1 aromatic heterocycles. The smallest absolute Gasteiger partial charge is 0.417 e. The molecule has 0 fully saturated rings. The minimum absolute atomic E-state index is 0. The molecule has 0 saturated carbocycles. The second kappa shape index (κ2) is 21.4. The Morgan fingerprint density at radius 2 is 1.48 bits per heavy atom. The monoisotopic (exact) mass is 668 g/mol. The van der Waals surface area contributed by atoms with E-state index in [1.165, 1.54) is 77.6 Å². The van der Waals surface area contributed by atoms with E-state index >= 15 is 0 Å². The number of aromatic nitrogens is 1. The lowest BCUT2D eigenvalue weighted by atomic mass is 10.1. The molecule has 0 aliphatic rings. The number of carbonyl (C=O) groups excluding carboxylic acids is 2. The van der Waals surface area contributed by atoms with Crippen LogP contribution in [0.4, 0.5) is 4.79 Å². The predicted molar refractivity (Wildman–Crippen MR) is 154 cm³/mol. The fourth-order valence-electron chi connectivity index (χ4n) is 4.50. The molecule has 40 heavy (non-hydrogen) atoms. The largest absolute Gasteiger partial charge is 1.00 e. The Morgan fingerprint density at radius 1 is 0.850 bits per heavy atom. The molecule has 0 spiro atoms. The van der Waals surface area contributed by atoms with E-state index < -0.39 is 6.09 Å². The van der Waals surface area contributed by atoms with Gasteiger partial charge in [0.15, 0.2) is 23.9 Å². The first-order valence-electron chi connectivity index (χ1n) is 14.6. The SMILES string of the molecule is CCCCCCCCCCCCCCOc1ccc(COC(=O)N(Cc2ccc[n+](C)c2)C(C)=O)cc1OC.[I-]. The summed E-state index contributed by atoms with van der Waals surface area (Å²) in [6.45, 7) is 4.45. The van der Waals surface area contributed by atoms with Gasteiger partial charge < -0.3 is 38.2 Å². The van der Waals surface area contributed by atoms with Crippen LogP contribution in [0.1, 0.15) is 102 Å². The molecule has 1 aromatic carbocycles. The zero-order valence-corrected chi connectivity index (χ0v) is 27.1. The molecule has 7 nitrogen and oxygen atoms in total. The fraction of sp³-hybridized carbons (Fsp3) is 0.594. The Bertz CT molecular complexity index is 1000. The van der Waals surface area contributed by atoms with Crippen molar-refractivity contribution in [3.63, 3.8) is 0 Å². The predicted octanol–water partition coefficient (Wildman–Crippen LogP) is 4.29. The van der Waals surface area contributed by atoms with E-state index in [-0.39, 0.29) is 43.0 Å². The van der Waals surface area contributed by atoms with Crippen molar-refractivity contribution in [2.24, 2.45) is 7.05 Å². The number of imide groups is 1. The van der Waals surface area contributed by atoms with Crippen LogP contribution >= 0.6 is 0 Å². The van der Waals surface area contributed by atoms with Crippen molar-refractivity contribution < 1.29 is 52.3 Å². The molecular weight excluding hydrogens is 619 g/mol. The first-order valence-corrected chi connectivity index (χ1v) is 14.6. The number of amides is 2. The maximum atomic E-state index is 12.6. The molecule has 0 atom stereocenters. The van der Waals surface area contributed by atoms with Gasteiger partial charge in [0.1, 0.15) is 13.7 Å². The highest BCUT2D eigenvalue weighted by Crippen LogP contribution is 2.29. The Balaban J connectivity index is 0.00000800. The van der Waals surface area contributed by atoms with Gasteiger partial charge in [-0.2, -0.15) is 0 Å². The van der Waals surface area contributed by atoms with E-state index in [2.05, 4.69) is 6.92 Å². The summed E-state index contributed by atoms with van der Waals surface area (Å²) < 4.78 is 18.8. The van der Waals surface area contributed by atoms with Crippen molar-refractivity contribution in [2.45, 2.75) is 104 Å². The summed E-state index contributed by atoms with van der Waals surface area (Å²) in [5.41, 5.74) is 1.59. The first kappa shape index (κ1) is 35.7. The van der Waals surface area contributed by atoms with Crippen LogP contribution in [-0.2, 0) is 29.7 Å². The van der Waals surface area contributed by atoms with Crippen LogP contribution in [0, 0.1) is 0 Å². The zero-order chi connectivity index (χ0) is 28.3. The standard InChI is InChI=1S/C32H49N2O5.HI/c1-5-6-7-8-9-10-11-12-13-14-15-16-22-38-30-20-19-28(23-31(30)37-4)26-39-32(36)34(27(2)35)25-29-18-17-21-33(3)24-29;/h17-21,23-24H,5-16,22,25-26H2,1-4H3;1H/q+1;/p-1. The number of carbonyl (C=O) groups is 2. The molecule has 0 aliphatic heterocycles. The van der Waals surface area contributed by atoms with Crippen LogP contribution in [0.5, 0.6) is 11.5 Å². The first-order chi connectivity index (χ1) is 18.9. The van der Waals surface area contributed by atoms with Crippen molar-refractivity contribution in [3.8, 4) is 11.5 Å². The lowest BCUT2D eigenvalue weighted by molar-refractivity contribution is -0.672. The van der Waals surface area contributed by atoms with E-state index in [0.29, 0.717) is 18.1 Å². The molecule has 0 radical (unpaired) electrons. The van der Waals surface area contributed by atoms with Crippen molar-refractivity contribution in [3.05, 3.63) is 53.9 Å². The van der Waals surface area contributed by atoms with Gasteiger partial charge in [-0.3, -0.25) is 4.79 Å². The van der Waals surface area contributed by atoms with E-state index in [4.69, 9.17) is 14.2 Å². The molecule has 0 saturated heterocycles. The Kier molecular flexibility index (Phi) is 19.1. The minimum atomic E-state index is -0.680. The van der Waals surface area contributed by atoms with Crippen LogP contribution in [0.3, 0.4) is 0 Å². The molecule has 1 heterocycles. The van der Waals surface area contributed by atoms with Crippen LogP contribution in [-0.4, -0.2) is 30.6 Å². The number of hydrogen-bond donors (Lipinski definition) is 0. The topological polar surface area (TPSA) is 69.0 Å². The van der Waals surface area contributed by atoms with Gasteiger partial charge in [-0.15, -0.1) is 0 Å². The van der Waals surface area contributed by atoms with Crippen molar-refractivity contribution >= 4 is 12.0 Å². The zero-order valence-electron chi connectivity index (χ0n) is 25.0. The number of halogens is 1. The molecule has 2 amide bonds. The lowest BCUT2D eigenvalue weighted by Crippen LogP contribution is -3.00. The molecule has 0 bridgehead atoms. The highest BCUT2D eigenvalue weighted by molar-refractivity contribution is 5.90. The molecule has 2 rings (SSSR count). The molecule has 8 heteroatoms. The summed E-state index contributed by atoms with van der Waals surface area (Å²) >= 11 is 0.